The molecule has 6 aromatic rings. The Morgan fingerprint density at radius 3 is 2.43 bits per heavy atom. The quantitative estimate of drug-likeness (QED) is 0.0717. The maximum absolute atomic E-state index is 15.4. The molecule has 0 saturated carbocycles. The van der Waals surface area contributed by atoms with Crippen molar-refractivity contribution in [3.8, 4) is 11.4 Å². The first-order valence-corrected chi connectivity index (χ1v) is 23.7. The van der Waals surface area contributed by atoms with Crippen molar-refractivity contribution in [3.63, 3.8) is 0 Å². The number of aromatic nitrogens is 5. The largest absolute Gasteiger partial charge is 0.497 e. The van der Waals surface area contributed by atoms with Crippen LogP contribution in [-0.2, 0) is 31.2 Å². The molecule has 0 bridgehead atoms. The van der Waals surface area contributed by atoms with E-state index in [1.54, 1.807) is 17.9 Å². The maximum Gasteiger partial charge on any atom is 0.305 e. The molecule has 312 valence electrons. The molecule has 1 spiro atoms. The van der Waals surface area contributed by atoms with E-state index in [1.807, 2.05) is 90.0 Å². The highest BCUT2D eigenvalue weighted by Gasteiger charge is 2.66. The highest BCUT2D eigenvalue weighted by atomic mass is 28.3. The van der Waals surface area contributed by atoms with Crippen LogP contribution in [0.25, 0.3) is 16.6 Å². The lowest BCUT2D eigenvalue weighted by Crippen LogP contribution is -2.52. The number of hydrogen-bond donors (Lipinski definition) is 2. The summed E-state index contributed by atoms with van der Waals surface area (Å²) in [6, 6.07) is 31.2. The van der Waals surface area contributed by atoms with E-state index in [0.29, 0.717) is 54.6 Å². The number of aliphatic hydroxyl groups excluding tert-OH is 1. The van der Waals surface area contributed by atoms with Gasteiger partial charge in [-0.3, -0.25) is 24.2 Å². The molecule has 14 heteroatoms. The topological polar surface area (TPSA) is 154 Å². The summed E-state index contributed by atoms with van der Waals surface area (Å²) in [4.78, 5) is 42.9. The molecule has 2 aliphatic heterocycles. The summed E-state index contributed by atoms with van der Waals surface area (Å²) in [6.45, 7) is 7.58. The Morgan fingerprint density at radius 2 is 1.72 bits per heavy atom. The van der Waals surface area contributed by atoms with E-state index in [-0.39, 0.29) is 53.9 Å². The number of ether oxygens (including phenoxy) is 3. The second-order valence-electron chi connectivity index (χ2n) is 16.5. The zero-order chi connectivity index (χ0) is 42.2. The number of hydrogen-bond acceptors (Lipinski definition) is 9. The van der Waals surface area contributed by atoms with Crippen LogP contribution in [0.2, 0.25) is 18.6 Å². The molecule has 2 aliphatic rings. The number of aromatic amines is 1. The Morgan fingerprint density at radius 1 is 0.967 bits per heavy atom. The Hall–Kier alpha value is -5.83. The van der Waals surface area contributed by atoms with Gasteiger partial charge in [0.2, 0.25) is 0 Å². The number of carbonyl (C=O) groups excluding carboxylic acids is 2. The van der Waals surface area contributed by atoms with Crippen molar-refractivity contribution in [1.82, 2.24) is 24.8 Å². The molecule has 1 amide bonds. The first-order valence-electron chi connectivity index (χ1n) is 20.6. The average molecular weight is 829 g/mol. The highest BCUT2D eigenvalue weighted by molar-refractivity contribution is 6.91. The number of rotatable bonds is 15. The van der Waals surface area contributed by atoms with E-state index in [0.717, 1.165) is 22.6 Å². The molecular formula is C46H52N6O7Si. The fourth-order valence-electron chi connectivity index (χ4n) is 9.71. The van der Waals surface area contributed by atoms with Crippen LogP contribution in [0.5, 0.6) is 5.75 Å². The molecule has 60 heavy (non-hydrogen) atoms. The molecule has 8 rings (SSSR count). The summed E-state index contributed by atoms with van der Waals surface area (Å²) in [5, 5.41) is 24.4. The van der Waals surface area contributed by atoms with Crippen molar-refractivity contribution in [3.05, 3.63) is 130 Å². The van der Waals surface area contributed by atoms with Crippen molar-refractivity contribution >= 4 is 41.7 Å². The van der Waals surface area contributed by atoms with E-state index in [1.165, 1.54) is 17.0 Å². The van der Waals surface area contributed by atoms with E-state index >= 15 is 4.79 Å². The number of unbranched alkanes of at least 4 members (excludes halogenated alkanes) is 1. The van der Waals surface area contributed by atoms with Gasteiger partial charge >= 0.3 is 5.97 Å². The van der Waals surface area contributed by atoms with Crippen LogP contribution in [0.1, 0.15) is 55.3 Å². The molecule has 0 radical (unpaired) electrons. The van der Waals surface area contributed by atoms with Crippen LogP contribution >= 0.6 is 0 Å². The molecule has 1 unspecified atom stereocenters. The minimum atomic E-state index is -2.47. The number of nitrogens with one attached hydrogen (secondary N) is 1. The maximum atomic E-state index is 15.4. The smallest absolute Gasteiger partial charge is 0.305 e. The number of H-pyrrole nitrogens is 1. The van der Waals surface area contributed by atoms with E-state index in [9.17, 15) is 14.7 Å². The monoisotopic (exact) mass is 828 g/mol. The third-order valence-electron chi connectivity index (χ3n) is 12.9. The van der Waals surface area contributed by atoms with Crippen LogP contribution in [-0.4, -0.2) is 83.3 Å². The number of aliphatic hydroxyl groups is 1. The van der Waals surface area contributed by atoms with Crippen LogP contribution < -0.4 is 20.4 Å². The molecule has 4 heterocycles. The molecule has 5 atom stereocenters. The molecule has 0 aliphatic carbocycles. The normalized spacial score (nSPS) is 20.5. The van der Waals surface area contributed by atoms with Crippen LogP contribution in [0.15, 0.2) is 108 Å². The predicted molar refractivity (Wildman–Crippen MR) is 232 cm³/mol. The first kappa shape index (κ1) is 40.9. The fourth-order valence-corrected chi connectivity index (χ4v) is 13.8. The summed E-state index contributed by atoms with van der Waals surface area (Å²) in [7, 11) is 0.561. The summed E-state index contributed by atoms with van der Waals surface area (Å²) in [6.07, 6.45) is 3.46. The van der Waals surface area contributed by atoms with E-state index < -0.39 is 13.7 Å². The second-order valence-corrected chi connectivity index (χ2v) is 21.2. The van der Waals surface area contributed by atoms with Gasteiger partial charge in [0.1, 0.15) is 5.75 Å². The lowest BCUT2D eigenvalue weighted by atomic mass is 9.82. The van der Waals surface area contributed by atoms with Crippen molar-refractivity contribution in [1.29, 1.82) is 0 Å². The number of amides is 1. The number of methoxy groups -OCH3 is 2. The highest BCUT2D eigenvalue weighted by Crippen LogP contribution is 2.60. The Labute approximate surface area is 349 Å². The van der Waals surface area contributed by atoms with Gasteiger partial charge in [-0.25, -0.2) is 4.68 Å². The number of nitrogens with zero attached hydrogens (tertiary/aromatic N) is 5. The second kappa shape index (κ2) is 16.7. The zero-order valence-electron chi connectivity index (χ0n) is 34.7. The van der Waals surface area contributed by atoms with Gasteiger partial charge in [0.05, 0.1) is 68.9 Å². The lowest BCUT2D eigenvalue weighted by molar-refractivity contribution is -0.146. The van der Waals surface area contributed by atoms with Gasteiger partial charge in [-0.2, -0.15) is 0 Å². The standard InChI is InChI=1S/C46H52N6O7Si/c1-30-43(60(4,5)34-21-19-33(57-2)20-22-34)41(24-26-50-28-39(47-49-50)36(29-53)31-13-7-6-8-14-31)59-46(30)37-27-32(52-44(55)35-15-9-10-16-38(35)48-52)18-23-40(37)51(45(46)56)25-12-11-17-42(54)58-3/h6-10,13-16,18-23,27-28,30,36,41,43,48,53H,11-12,17,24-26,29H2,1-5H3/t30-,36?,41+,43-,46+/m1/s1. The number of para-hydroxylation sites is 1. The zero-order valence-corrected chi connectivity index (χ0v) is 35.7. The van der Waals surface area contributed by atoms with Crippen LogP contribution in [0.3, 0.4) is 0 Å². The van der Waals surface area contributed by atoms with Gasteiger partial charge in [0.15, 0.2) is 5.60 Å². The third-order valence-corrected chi connectivity index (χ3v) is 17.2. The SMILES string of the molecule is COC(=O)CCCCN1C(=O)[C@@]2(O[C@@H](CCn3cc(C(CO)c4ccccc4)nn3)[C@H]([Si](C)(C)c3ccc(OC)cc3)[C@H]2C)c2cc(-n3[nH]c4ccccc4c3=O)ccc21. The van der Waals surface area contributed by atoms with Gasteiger partial charge in [-0.1, -0.05) is 85.0 Å². The minimum Gasteiger partial charge on any atom is -0.497 e. The summed E-state index contributed by atoms with van der Waals surface area (Å²) < 4.78 is 21.2. The molecule has 1 saturated heterocycles. The molecular weight excluding hydrogens is 777 g/mol. The number of esters is 1. The lowest BCUT2D eigenvalue weighted by Gasteiger charge is -2.37. The molecule has 13 nitrogen and oxygen atoms in total. The molecule has 1 fully saturated rings. The van der Waals surface area contributed by atoms with Crippen molar-refractivity contribution in [2.24, 2.45) is 5.92 Å². The fraction of sp³-hybridized carbons (Fsp3) is 0.370. The number of carbonyl (C=O) groups is 2. The summed E-state index contributed by atoms with van der Waals surface area (Å²) >= 11 is 0. The Bertz CT molecular complexity index is 2550. The Balaban J connectivity index is 1.20. The third kappa shape index (κ3) is 7.15. The number of fused-ring (bicyclic) bond motifs is 3. The molecule has 4 aromatic carbocycles. The number of aryl methyl sites for hydroxylation is 1. The van der Waals surface area contributed by atoms with E-state index in [4.69, 9.17) is 14.2 Å². The first-order chi connectivity index (χ1) is 29.0. The summed E-state index contributed by atoms with van der Waals surface area (Å²) in [5.41, 5.74) is 2.81. The van der Waals surface area contributed by atoms with Crippen molar-refractivity contribution in [2.75, 3.05) is 32.3 Å². The minimum absolute atomic E-state index is 0.0427. The van der Waals surface area contributed by atoms with Gasteiger partial charge in [0, 0.05) is 37.2 Å². The van der Waals surface area contributed by atoms with Crippen LogP contribution in [0.4, 0.5) is 5.69 Å². The number of benzene rings is 4. The summed E-state index contributed by atoms with van der Waals surface area (Å²) in [5.74, 6) is -0.259. The Kier molecular flexibility index (Phi) is 11.4. The molecule has 2 aromatic heterocycles. The van der Waals surface area contributed by atoms with Gasteiger partial charge < -0.3 is 24.2 Å². The van der Waals surface area contributed by atoms with Gasteiger partial charge in [-0.15, -0.1) is 5.10 Å². The average Bonchev–Trinajstić information content (AvgIpc) is 4.01. The van der Waals surface area contributed by atoms with Crippen molar-refractivity contribution < 1.29 is 28.9 Å². The van der Waals surface area contributed by atoms with Gasteiger partial charge in [0.25, 0.3) is 11.5 Å². The van der Waals surface area contributed by atoms with Crippen molar-refractivity contribution in [2.45, 2.75) is 75.4 Å². The van der Waals surface area contributed by atoms with Gasteiger partial charge in [-0.05, 0) is 72.8 Å². The van der Waals surface area contributed by atoms with E-state index in [2.05, 4.69) is 47.6 Å². The van der Waals surface area contributed by atoms with Crippen LogP contribution in [0, 0.1) is 5.92 Å². The number of anilines is 1. The molecule has 2 N–H and O–H groups in total. The predicted octanol–water partition coefficient (Wildman–Crippen LogP) is 6.04.